The van der Waals surface area contributed by atoms with Crippen LogP contribution < -0.4 is 5.32 Å². The number of nitro benzene ring substituents is 1. The number of phenolic OH excluding ortho intramolecular Hbond substituents is 2. The quantitative estimate of drug-likeness (QED) is 0.582. The van der Waals surface area contributed by atoms with Crippen LogP contribution in [0.2, 0.25) is 0 Å². The molecule has 0 bridgehead atoms. The molecule has 6 heteroatoms. The van der Waals surface area contributed by atoms with Crippen LogP contribution in [0.3, 0.4) is 0 Å². The molecule has 0 aliphatic rings. The largest absolute Gasteiger partial charge is 0.508 e. The van der Waals surface area contributed by atoms with E-state index >= 15 is 0 Å². The highest BCUT2D eigenvalue weighted by molar-refractivity contribution is 5.71. The summed E-state index contributed by atoms with van der Waals surface area (Å²) in [7, 11) is 0. The van der Waals surface area contributed by atoms with Crippen molar-refractivity contribution in [2.75, 3.05) is 5.32 Å². The average molecular weight is 260 g/mol. The van der Waals surface area contributed by atoms with Gasteiger partial charge in [0.05, 0.1) is 4.92 Å². The van der Waals surface area contributed by atoms with Gasteiger partial charge in [0.2, 0.25) is 0 Å². The van der Waals surface area contributed by atoms with Crippen LogP contribution in [0.1, 0.15) is 5.56 Å². The minimum absolute atomic E-state index is 0.0668. The summed E-state index contributed by atoms with van der Waals surface area (Å²) in [6.45, 7) is 1.76. The van der Waals surface area contributed by atoms with Crippen LogP contribution in [-0.4, -0.2) is 15.1 Å². The number of phenols is 2. The highest BCUT2D eigenvalue weighted by atomic mass is 16.6. The molecule has 19 heavy (non-hydrogen) atoms. The Balaban J connectivity index is 2.40. The fourth-order valence-electron chi connectivity index (χ4n) is 1.72. The summed E-state index contributed by atoms with van der Waals surface area (Å²) in [5.74, 6) is -0.255. The van der Waals surface area contributed by atoms with E-state index in [4.69, 9.17) is 0 Å². The van der Waals surface area contributed by atoms with E-state index in [0.29, 0.717) is 11.4 Å². The molecule has 6 nitrogen and oxygen atoms in total. The van der Waals surface area contributed by atoms with E-state index in [9.17, 15) is 20.3 Å². The highest BCUT2D eigenvalue weighted by Gasteiger charge is 2.14. The molecule has 0 radical (unpaired) electrons. The number of benzene rings is 2. The van der Waals surface area contributed by atoms with Gasteiger partial charge in [0.1, 0.15) is 17.2 Å². The lowest BCUT2D eigenvalue weighted by Crippen LogP contribution is -1.97. The van der Waals surface area contributed by atoms with Crippen LogP contribution in [0.5, 0.6) is 11.5 Å². The van der Waals surface area contributed by atoms with Crippen molar-refractivity contribution in [1.82, 2.24) is 0 Å². The zero-order valence-corrected chi connectivity index (χ0v) is 10.1. The maximum Gasteiger partial charge on any atom is 0.292 e. The molecule has 0 fully saturated rings. The van der Waals surface area contributed by atoms with E-state index in [1.54, 1.807) is 19.1 Å². The van der Waals surface area contributed by atoms with Gasteiger partial charge < -0.3 is 15.5 Å². The van der Waals surface area contributed by atoms with Crippen LogP contribution in [0.4, 0.5) is 17.1 Å². The predicted octanol–water partition coefficient (Wildman–Crippen LogP) is 3.06. The zero-order valence-electron chi connectivity index (χ0n) is 10.1. The second kappa shape index (κ2) is 4.85. The number of aromatic hydroxyl groups is 2. The molecule has 0 saturated heterocycles. The molecule has 0 aliphatic heterocycles. The summed E-state index contributed by atoms with van der Waals surface area (Å²) in [5, 5.41) is 32.5. The Morgan fingerprint density at radius 2 is 1.74 bits per heavy atom. The third-order valence-electron chi connectivity index (χ3n) is 2.53. The van der Waals surface area contributed by atoms with Gasteiger partial charge in [-0.25, -0.2) is 0 Å². The number of anilines is 2. The Kier molecular flexibility index (Phi) is 3.24. The van der Waals surface area contributed by atoms with E-state index in [-0.39, 0.29) is 17.2 Å². The third kappa shape index (κ3) is 2.92. The van der Waals surface area contributed by atoms with Gasteiger partial charge in [-0.1, -0.05) is 6.07 Å². The lowest BCUT2D eigenvalue weighted by atomic mass is 10.2. The number of nitrogens with zero attached hydrogens (tertiary/aromatic N) is 1. The van der Waals surface area contributed by atoms with Crippen molar-refractivity contribution in [3.63, 3.8) is 0 Å². The van der Waals surface area contributed by atoms with E-state index in [1.807, 2.05) is 0 Å². The normalized spacial score (nSPS) is 10.2. The summed E-state index contributed by atoms with van der Waals surface area (Å²) < 4.78 is 0. The minimum atomic E-state index is -0.488. The summed E-state index contributed by atoms with van der Waals surface area (Å²) >= 11 is 0. The topological polar surface area (TPSA) is 95.6 Å². The molecule has 0 atom stereocenters. The van der Waals surface area contributed by atoms with Gasteiger partial charge in [-0.2, -0.15) is 0 Å². The first-order chi connectivity index (χ1) is 8.95. The van der Waals surface area contributed by atoms with Crippen LogP contribution in [-0.2, 0) is 0 Å². The monoisotopic (exact) mass is 260 g/mol. The van der Waals surface area contributed by atoms with Crippen molar-refractivity contribution >= 4 is 17.1 Å². The molecule has 0 unspecified atom stereocenters. The van der Waals surface area contributed by atoms with Crippen molar-refractivity contribution in [3.05, 3.63) is 52.1 Å². The van der Waals surface area contributed by atoms with Crippen molar-refractivity contribution in [3.8, 4) is 11.5 Å². The van der Waals surface area contributed by atoms with Crippen molar-refractivity contribution in [2.45, 2.75) is 6.92 Å². The van der Waals surface area contributed by atoms with Crippen molar-refractivity contribution in [2.24, 2.45) is 0 Å². The maximum absolute atomic E-state index is 11.0. The Hall–Kier alpha value is -2.76. The molecular weight excluding hydrogens is 248 g/mol. The molecule has 0 amide bonds. The van der Waals surface area contributed by atoms with Gasteiger partial charge in [0.15, 0.2) is 0 Å². The maximum atomic E-state index is 11.0. The molecule has 2 aromatic rings. The zero-order chi connectivity index (χ0) is 14.0. The summed E-state index contributed by atoms with van der Waals surface area (Å²) in [6, 6.07) is 8.67. The second-order valence-electron chi connectivity index (χ2n) is 4.14. The first-order valence-corrected chi connectivity index (χ1v) is 5.51. The van der Waals surface area contributed by atoms with Crippen LogP contribution in [0.15, 0.2) is 36.4 Å². The van der Waals surface area contributed by atoms with Gasteiger partial charge in [-0.3, -0.25) is 10.1 Å². The molecule has 2 rings (SSSR count). The summed E-state index contributed by atoms with van der Waals surface area (Å²) in [4.78, 5) is 10.5. The fraction of sp³-hybridized carbons (Fsp3) is 0.0769. The molecule has 0 saturated carbocycles. The number of nitro groups is 1. The van der Waals surface area contributed by atoms with Gasteiger partial charge in [-0.15, -0.1) is 0 Å². The Morgan fingerprint density at radius 1 is 1.11 bits per heavy atom. The lowest BCUT2D eigenvalue weighted by molar-refractivity contribution is -0.384. The van der Waals surface area contributed by atoms with Crippen LogP contribution in [0, 0.1) is 17.0 Å². The standard InChI is InChI=1S/C13H12N2O4/c1-8-2-3-12(13(4-8)15(18)19)14-9-5-10(16)7-11(17)6-9/h2-7,14,16-17H,1H3. The second-order valence-corrected chi connectivity index (χ2v) is 4.14. The molecule has 0 aliphatic carbocycles. The third-order valence-corrected chi connectivity index (χ3v) is 2.53. The number of nitrogens with one attached hydrogen (secondary N) is 1. The Bertz CT molecular complexity index is 620. The molecule has 0 spiro atoms. The molecule has 0 aromatic heterocycles. The van der Waals surface area contributed by atoms with Gasteiger partial charge >= 0.3 is 0 Å². The van der Waals surface area contributed by atoms with Crippen LogP contribution >= 0.6 is 0 Å². The molecule has 2 aromatic carbocycles. The van der Waals surface area contributed by atoms with E-state index in [1.165, 1.54) is 24.3 Å². The van der Waals surface area contributed by atoms with Crippen LogP contribution in [0.25, 0.3) is 0 Å². The SMILES string of the molecule is Cc1ccc(Nc2cc(O)cc(O)c2)c([N+](=O)[O-])c1. The van der Waals surface area contributed by atoms with Crippen molar-refractivity contribution < 1.29 is 15.1 Å². The number of hydrogen-bond acceptors (Lipinski definition) is 5. The molecule has 98 valence electrons. The summed E-state index contributed by atoms with van der Waals surface area (Å²) in [5.41, 5.74) is 1.36. The smallest absolute Gasteiger partial charge is 0.292 e. The lowest BCUT2D eigenvalue weighted by Gasteiger charge is -2.08. The van der Waals surface area contributed by atoms with E-state index in [0.717, 1.165) is 5.56 Å². The summed E-state index contributed by atoms with van der Waals surface area (Å²) in [6.07, 6.45) is 0. The average Bonchev–Trinajstić information content (AvgIpc) is 2.30. The van der Waals surface area contributed by atoms with Crippen molar-refractivity contribution in [1.29, 1.82) is 0 Å². The number of hydrogen-bond donors (Lipinski definition) is 3. The number of rotatable bonds is 3. The molecule has 0 heterocycles. The molecular formula is C13H12N2O4. The van der Waals surface area contributed by atoms with Gasteiger partial charge in [-0.05, 0) is 18.6 Å². The first kappa shape index (κ1) is 12.7. The predicted molar refractivity (Wildman–Crippen MR) is 70.9 cm³/mol. The van der Waals surface area contributed by atoms with Gasteiger partial charge in [0.25, 0.3) is 5.69 Å². The fourth-order valence-corrected chi connectivity index (χ4v) is 1.72. The highest BCUT2D eigenvalue weighted by Crippen LogP contribution is 2.31. The Morgan fingerprint density at radius 3 is 2.32 bits per heavy atom. The van der Waals surface area contributed by atoms with E-state index in [2.05, 4.69) is 5.32 Å². The van der Waals surface area contributed by atoms with E-state index < -0.39 is 4.92 Å². The Labute approximate surface area is 109 Å². The molecule has 3 N–H and O–H groups in total. The first-order valence-electron chi connectivity index (χ1n) is 5.51. The van der Waals surface area contributed by atoms with Gasteiger partial charge in [0, 0.05) is 30.0 Å². The minimum Gasteiger partial charge on any atom is -0.508 e. The number of aryl methyl sites for hydroxylation is 1.